The largest absolute Gasteiger partial charge is 0.481 e. The molecule has 5 nitrogen and oxygen atoms in total. The van der Waals surface area contributed by atoms with Crippen LogP contribution in [0.15, 0.2) is 0 Å². The lowest BCUT2D eigenvalue weighted by Crippen LogP contribution is -2.49. The Morgan fingerprint density at radius 1 is 1.33 bits per heavy atom. The topological polar surface area (TPSA) is 78.4 Å². The lowest BCUT2D eigenvalue weighted by molar-refractivity contribution is -0.141. The van der Waals surface area contributed by atoms with Gasteiger partial charge in [-0.25, -0.2) is 4.79 Å². The molecule has 0 bridgehead atoms. The second-order valence-corrected chi connectivity index (χ2v) is 5.45. The number of carboxylic acid groups (broad SMARTS) is 1. The zero-order valence-corrected chi connectivity index (χ0v) is 11.5. The molecule has 0 aliphatic heterocycles. The summed E-state index contributed by atoms with van der Waals surface area (Å²) in [5.74, 6) is -1.48. The van der Waals surface area contributed by atoms with E-state index in [1.54, 1.807) is 13.8 Å². The van der Waals surface area contributed by atoms with Crippen LogP contribution in [0.1, 0.15) is 46.5 Å². The minimum atomic E-state index is -0.896. The van der Waals surface area contributed by atoms with Crippen LogP contribution in [0.3, 0.4) is 0 Å². The molecule has 5 heteroatoms. The molecular formula is C13H24N2O3. The molecule has 0 heterocycles. The Bertz CT molecular complexity index is 308. The van der Waals surface area contributed by atoms with Crippen molar-refractivity contribution in [1.82, 2.24) is 10.6 Å². The molecule has 1 aliphatic carbocycles. The van der Waals surface area contributed by atoms with Crippen molar-refractivity contribution in [1.29, 1.82) is 0 Å². The fourth-order valence-electron chi connectivity index (χ4n) is 2.20. The first-order valence-electron chi connectivity index (χ1n) is 6.67. The highest BCUT2D eigenvalue weighted by Crippen LogP contribution is 2.42. The Balaban J connectivity index is 2.31. The molecule has 0 saturated heterocycles. The lowest BCUT2D eigenvalue weighted by atomic mass is 9.67. The summed E-state index contributed by atoms with van der Waals surface area (Å²) in [5.41, 5.74) is 0.277. The molecule has 18 heavy (non-hydrogen) atoms. The average Bonchev–Trinajstić information content (AvgIpc) is 2.26. The van der Waals surface area contributed by atoms with E-state index < -0.39 is 11.9 Å². The predicted octanol–water partition coefficient (Wildman–Crippen LogP) is 1.98. The molecule has 1 saturated carbocycles. The molecule has 0 spiro atoms. The van der Waals surface area contributed by atoms with Gasteiger partial charge in [-0.3, -0.25) is 4.79 Å². The van der Waals surface area contributed by atoms with Crippen LogP contribution in [0.4, 0.5) is 4.79 Å². The van der Waals surface area contributed by atoms with Crippen molar-refractivity contribution in [3.63, 3.8) is 0 Å². The Morgan fingerprint density at radius 2 is 1.94 bits per heavy atom. The SMILES string of the molecule is CCC1(CNC(=O)NC(C)C(C)C(=O)O)CCC1. The van der Waals surface area contributed by atoms with Crippen molar-refractivity contribution < 1.29 is 14.7 Å². The van der Waals surface area contributed by atoms with Crippen LogP contribution < -0.4 is 10.6 Å². The predicted molar refractivity (Wildman–Crippen MR) is 69.4 cm³/mol. The van der Waals surface area contributed by atoms with Crippen molar-refractivity contribution >= 4 is 12.0 Å². The summed E-state index contributed by atoms with van der Waals surface area (Å²) in [4.78, 5) is 22.4. The van der Waals surface area contributed by atoms with Gasteiger partial charge in [0.2, 0.25) is 0 Å². The Labute approximate surface area is 108 Å². The smallest absolute Gasteiger partial charge is 0.315 e. The minimum Gasteiger partial charge on any atom is -0.481 e. The van der Waals surface area contributed by atoms with E-state index in [2.05, 4.69) is 17.6 Å². The number of amides is 2. The number of hydrogen-bond donors (Lipinski definition) is 3. The van der Waals surface area contributed by atoms with Gasteiger partial charge in [0, 0.05) is 12.6 Å². The fraction of sp³-hybridized carbons (Fsp3) is 0.846. The first-order chi connectivity index (χ1) is 8.40. The van der Waals surface area contributed by atoms with Gasteiger partial charge in [0.15, 0.2) is 0 Å². The zero-order chi connectivity index (χ0) is 13.8. The minimum absolute atomic E-state index is 0.268. The summed E-state index contributed by atoms with van der Waals surface area (Å²) >= 11 is 0. The molecule has 2 unspecified atom stereocenters. The highest BCUT2D eigenvalue weighted by molar-refractivity contribution is 5.76. The van der Waals surface area contributed by atoms with Crippen LogP contribution in [-0.4, -0.2) is 29.7 Å². The van der Waals surface area contributed by atoms with E-state index >= 15 is 0 Å². The van der Waals surface area contributed by atoms with Crippen LogP contribution in [0, 0.1) is 11.3 Å². The summed E-state index contributed by atoms with van der Waals surface area (Å²) in [6.45, 7) is 6.13. The average molecular weight is 256 g/mol. The molecule has 1 aliphatic rings. The standard InChI is InChI=1S/C13H24N2O3/c1-4-13(6-5-7-13)8-14-12(18)15-10(3)9(2)11(16)17/h9-10H,4-8H2,1-3H3,(H,16,17)(H2,14,15,18). The first-order valence-corrected chi connectivity index (χ1v) is 6.67. The number of carboxylic acids is 1. The molecule has 0 radical (unpaired) electrons. The van der Waals surface area contributed by atoms with E-state index in [9.17, 15) is 9.59 Å². The van der Waals surface area contributed by atoms with Gasteiger partial charge < -0.3 is 15.7 Å². The Kier molecular flexibility index (Phi) is 4.99. The third-order valence-electron chi connectivity index (χ3n) is 4.29. The van der Waals surface area contributed by atoms with Crippen LogP contribution in [-0.2, 0) is 4.79 Å². The van der Waals surface area contributed by atoms with Gasteiger partial charge >= 0.3 is 12.0 Å². The van der Waals surface area contributed by atoms with E-state index in [0.717, 1.165) is 6.42 Å². The monoisotopic (exact) mass is 256 g/mol. The lowest BCUT2D eigenvalue weighted by Gasteiger charge is -2.41. The normalized spacial score (nSPS) is 20.4. The highest BCUT2D eigenvalue weighted by Gasteiger charge is 2.35. The van der Waals surface area contributed by atoms with Crippen LogP contribution in [0.2, 0.25) is 0 Å². The number of carbonyl (C=O) groups is 2. The highest BCUT2D eigenvalue weighted by atomic mass is 16.4. The number of carbonyl (C=O) groups excluding carboxylic acids is 1. The molecule has 0 aromatic rings. The van der Waals surface area contributed by atoms with Crippen molar-refractivity contribution in [3.8, 4) is 0 Å². The molecule has 104 valence electrons. The van der Waals surface area contributed by atoms with Crippen LogP contribution in [0.5, 0.6) is 0 Å². The number of aliphatic carboxylic acids is 1. The van der Waals surface area contributed by atoms with E-state index in [1.807, 2.05) is 0 Å². The summed E-state index contributed by atoms with van der Waals surface area (Å²) in [5, 5.41) is 14.4. The van der Waals surface area contributed by atoms with Crippen LogP contribution in [0.25, 0.3) is 0 Å². The molecule has 3 N–H and O–H groups in total. The van der Waals surface area contributed by atoms with E-state index in [1.165, 1.54) is 19.3 Å². The molecular weight excluding hydrogens is 232 g/mol. The maximum Gasteiger partial charge on any atom is 0.315 e. The van der Waals surface area contributed by atoms with E-state index in [4.69, 9.17) is 5.11 Å². The van der Waals surface area contributed by atoms with Gasteiger partial charge in [-0.2, -0.15) is 0 Å². The third kappa shape index (κ3) is 3.62. The molecule has 0 aromatic carbocycles. The van der Waals surface area contributed by atoms with Gasteiger partial charge in [0.1, 0.15) is 0 Å². The molecule has 2 atom stereocenters. The maximum atomic E-state index is 11.7. The number of hydrogen-bond acceptors (Lipinski definition) is 2. The van der Waals surface area contributed by atoms with Crippen molar-refractivity contribution in [3.05, 3.63) is 0 Å². The number of rotatable bonds is 6. The Hall–Kier alpha value is -1.26. The molecule has 2 amide bonds. The van der Waals surface area contributed by atoms with Gasteiger partial charge in [0.25, 0.3) is 0 Å². The molecule has 0 aromatic heterocycles. The van der Waals surface area contributed by atoms with E-state index in [-0.39, 0.29) is 17.5 Å². The second-order valence-electron chi connectivity index (χ2n) is 5.45. The molecule has 1 fully saturated rings. The van der Waals surface area contributed by atoms with Crippen molar-refractivity contribution in [2.45, 2.75) is 52.5 Å². The summed E-state index contributed by atoms with van der Waals surface area (Å²) in [6.07, 6.45) is 4.66. The van der Waals surface area contributed by atoms with Gasteiger partial charge in [-0.15, -0.1) is 0 Å². The quantitative estimate of drug-likeness (QED) is 0.680. The fourth-order valence-corrected chi connectivity index (χ4v) is 2.20. The summed E-state index contributed by atoms with van der Waals surface area (Å²) < 4.78 is 0. The first kappa shape index (κ1) is 14.8. The maximum absolute atomic E-state index is 11.7. The number of nitrogens with one attached hydrogen (secondary N) is 2. The zero-order valence-electron chi connectivity index (χ0n) is 11.5. The summed E-state index contributed by atoms with van der Waals surface area (Å²) in [7, 11) is 0. The van der Waals surface area contributed by atoms with Gasteiger partial charge in [0.05, 0.1) is 5.92 Å². The van der Waals surface area contributed by atoms with Gasteiger partial charge in [-0.05, 0) is 38.5 Å². The number of urea groups is 1. The molecule has 1 rings (SSSR count). The van der Waals surface area contributed by atoms with Gasteiger partial charge in [-0.1, -0.05) is 13.3 Å². The van der Waals surface area contributed by atoms with E-state index in [0.29, 0.717) is 6.54 Å². The Morgan fingerprint density at radius 3 is 2.33 bits per heavy atom. The van der Waals surface area contributed by atoms with Crippen molar-refractivity contribution in [2.75, 3.05) is 6.54 Å². The summed E-state index contributed by atoms with van der Waals surface area (Å²) in [6, 6.07) is -0.642. The van der Waals surface area contributed by atoms with Crippen molar-refractivity contribution in [2.24, 2.45) is 11.3 Å². The third-order valence-corrected chi connectivity index (χ3v) is 4.29. The second kappa shape index (κ2) is 6.07. The van der Waals surface area contributed by atoms with Crippen LogP contribution >= 0.6 is 0 Å².